The molecule has 0 saturated carbocycles. The van der Waals surface area contributed by atoms with E-state index < -0.39 is 5.89 Å². The van der Waals surface area contributed by atoms with Crippen LogP contribution in [0, 0.1) is 6.92 Å². The fourth-order valence-electron chi connectivity index (χ4n) is 4.63. The topological polar surface area (TPSA) is 25.8 Å². The number of hydrogen-bond donors (Lipinski definition) is 0. The summed E-state index contributed by atoms with van der Waals surface area (Å²) in [5.41, 5.74) is 7.48. The standard InChI is InChI=1S/C27H20N2/c1-16-10-18-5-6-19-12-22(13-24-17(2)23(11-16)26(18)27(19)24)20-7-8-25(29-15-20)21-4-3-9-28-14-21/h3-15,17H,1-2H3/i17D. The quantitative estimate of drug-likeness (QED) is 0.315. The number of rotatable bonds is 2. The Labute approximate surface area is 171 Å². The lowest BCUT2D eigenvalue weighted by Gasteiger charge is -2.11. The predicted molar refractivity (Wildman–Crippen MR) is 120 cm³/mol. The summed E-state index contributed by atoms with van der Waals surface area (Å²) in [4.78, 5) is 8.85. The third kappa shape index (κ3) is 2.42. The maximum atomic E-state index is 9.22. The lowest BCUT2D eigenvalue weighted by molar-refractivity contribution is 0.959. The summed E-state index contributed by atoms with van der Waals surface area (Å²) in [5.74, 6) is -0.759. The molecule has 5 aromatic rings. The zero-order chi connectivity index (χ0) is 20.5. The highest BCUT2D eigenvalue weighted by Crippen LogP contribution is 2.47. The molecule has 0 spiro atoms. The number of benzene rings is 3. The Morgan fingerprint density at radius 3 is 2.31 bits per heavy atom. The van der Waals surface area contributed by atoms with Gasteiger partial charge in [-0.1, -0.05) is 42.8 Å². The van der Waals surface area contributed by atoms with E-state index in [1.807, 2.05) is 37.5 Å². The Balaban J connectivity index is 1.54. The molecule has 2 heteroatoms. The van der Waals surface area contributed by atoms with Crippen molar-refractivity contribution in [3.63, 3.8) is 0 Å². The van der Waals surface area contributed by atoms with Crippen LogP contribution in [0.4, 0.5) is 0 Å². The SMILES string of the molecule is [2H]C1(C)c2cc(C)cc3ccc4cc(-c5ccc(-c6cccnc6)nc5)cc1c4c23. The van der Waals surface area contributed by atoms with Gasteiger partial charge in [0.05, 0.1) is 5.69 Å². The second-order valence-corrected chi connectivity index (χ2v) is 7.90. The Morgan fingerprint density at radius 2 is 1.59 bits per heavy atom. The molecule has 0 bridgehead atoms. The second kappa shape index (κ2) is 5.99. The van der Waals surface area contributed by atoms with Crippen LogP contribution in [0.25, 0.3) is 43.9 Å². The highest BCUT2D eigenvalue weighted by molar-refractivity contribution is 6.15. The summed E-state index contributed by atoms with van der Waals surface area (Å²) in [6.45, 7) is 4.13. The third-order valence-corrected chi connectivity index (χ3v) is 6.04. The van der Waals surface area contributed by atoms with Crippen molar-refractivity contribution in [3.05, 3.63) is 95.9 Å². The Kier molecular flexibility index (Phi) is 3.18. The number of aromatic nitrogens is 2. The second-order valence-electron chi connectivity index (χ2n) is 7.90. The largest absolute Gasteiger partial charge is 0.264 e. The minimum Gasteiger partial charge on any atom is -0.264 e. The maximum absolute atomic E-state index is 9.22. The van der Waals surface area contributed by atoms with Gasteiger partial charge in [-0.2, -0.15) is 0 Å². The van der Waals surface area contributed by atoms with Crippen LogP contribution in [-0.4, -0.2) is 9.97 Å². The highest BCUT2D eigenvalue weighted by Gasteiger charge is 2.25. The summed E-state index contributed by atoms with van der Waals surface area (Å²) in [6, 6.07) is 21.3. The van der Waals surface area contributed by atoms with Crippen molar-refractivity contribution in [1.82, 2.24) is 9.97 Å². The van der Waals surface area contributed by atoms with E-state index in [1.54, 1.807) is 6.20 Å². The van der Waals surface area contributed by atoms with E-state index >= 15 is 0 Å². The van der Waals surface area contributed by atoms with Gasteiger partial charge in [0, 0.05) is 37.0 Å². The van der Waals surface area contributed by atoms with Crippen molar-refractivity contribution < 1.29 is 1.37 Å². The van der Waals surface area contributed by atoms with Crippen molar-refractivity contribution in [3.8, 4) is 22.4 Å². The van der Waals surface area contributed by atoms with E-state index in [9.17, 15) is 1.37 Å². The average molecular weight is 373 g/mol. The summed E-state index contributed by atoms with van der Waals surface area (Å²) in [5, 5.41) is 4.88. The van der Waals surface area contributed by atoms with Gasteiger partial charge < -0.3 is 0 Å². The fraction of sp³-hybridized carbons (Fsp3) is 0.111. The highest BCUT2D eigenvalue weighted by atomic mass is 14.7. The minimum atomic E-state index is -0.759. The Hall–Kier alpha value is -3.52. The molecule has 0 radical (unpaired) electrons. The van der Waals surface area contributed by atoms with Crippen molar-refractivity contribution in [1.29, 1.82) is 0 Å². The number of nitrogens with zero attached hydrogens (tertiary/aromatic N) is 2. The first kappa shape index (κ1) is 15.4. The monoisotopic (exact) mass is 373 g/mol. The molecule has 0 aliphatic heterocycles. The van der Waals surface area contributed by atoms with Crippen molar-refractivity contribution >= 4 is 21.5 Å². The summed E-state index contributed by atoms with van der Waals surface area (Å²) < 4.78 is 9.22. The molecule has 0 amide bonds. The van der Waals surface area contributed by atoms with Crippen LogP contribution in [0.15, 0.2) is 79.3 Å². The molecule has 2 heterocycles. The Bertz CT molecular complexity index is 1450. The molecule has 6 rings (SSSR count). The van der Waals surface area contributed by atoms with Crippen molar-refractivity contribution in [2.24, 2.45) is 0 Å². The Morgan fingerprint density at radius 1 is 0.793 bits per heavy atom. The molecule has 1 unspecified atom stereocenters. The van der Waals surface area contributed by atoms with Gasteiger partial charge >= 0.3 is 0 Å². The number of aryl methyl sites for hydroxylation is 1. The molecule has 1 aliphatic rings. The molecule has 0 saturated heterocycles. The van der Waals surface area contributed by atoms with Crippen LogP contribution in [0.5, 0.6) is 0 Å². The molecular formula is C27H20N2. The first-order valence-electron chi connectivity index (χ1n) is 10.4. The zero-order valence-electron chi connectivity index (χ0n) is 17.4. The van der Waals surface area contributed by atoms with E-state index in [0.29, 0.717) is 0 Å². The number of pyridine rings is 2. The predicted octanol–water partition coefficient (Wildman–Crippen LogP) is 6.89. The fourth-order valence-corrected chi connectivity index (χ4v) is 4.63. The van der Waals surface area contributed by atoms with Crippen LogP contribution in [0.1, 0.15) is 30.9 Å². The van der Waals surface area contributed by atoms with Crippen LogP contribution >= 0.6 is 0 Å². The van der Waals surface area contributed by atoms with Crippen molar-refractivity contribution in [2.45, 2.75) is 19.7 Å². The minimum absolute atomic E-state index is 0.759. The van der Waals surface area contributed by atoms with Gasteiger partial charge in [-0.3, -0.25) is 9.97 Å². The van der Waals surface area contributed by atoms with Gasteiger partial charge in [0.1, 0.15) is 0 Å². The summed E-state index contributed by atoms with van der Waals surface area (Å²) >= 11 is 0. The van der Waals surface area contributed by atoms with Crippen LogP contribution in [-0.2, 0) is 0 Å². The van der Waals surface area contributed by atoms with Crippen LogP contribution in [0.3, 0.4) is 0 Å². The van der Waals surface area contributed by atoms with E-state index in [-0.39, 0.29) is 0 Å². The summed E-state index contributed by atoms with van der Waals surface area (Å²) in [6.07, 6.45) is 5.52. The van der Waals surface area contributed by atoms with Gasteiger partial charge in [0.15, 0.2) is 0 Å². The maximum Gasteiger partial charge on any atom is 0.0717 e. The average Bonchev–Trinajstić information content (AvgIpc) is 3.00. The van der Waals surface area contributed by atoms with Gasteiger partial charge in [0.25, 0.3) is 0 Å². The first-order chi connectivity index (χ1) is 14.5. The van der Waals surface area contributed by atoms with E-state index in [1.165, 1.54) is 27.1 Å². The molecule has 1 atom stereocenters. The van der Waals surface area contributed by atoms with E-state index in [0.717, 1.165) is 33.5 Å². The zero-order valence-corrected chi connectivity index (χ0v) is 16.4. The molecule has 3 aromatic carbocycles. The van der Waals surface area contributed by atoms with Gasteiger partial charge in [-0.15, -0.1) is 0 Å². The van der Waals surface area contributed by atoms with E-state index in [2.05, 4.69) is 59.4 Å². The van der Waals surface area contributed by atoms with Crippen molar-refractivity contribution in [2.75, 3.05) is 0 Å². The first-order valence-corrected chi connectivity index (χ1v) is 9.91. The lowest BCUT2D eigenvalue weighted by Crippen LogP contribution is -1.92. The lowest BCUT2D eigenvalue weighted by atomic mass is 9.94. The molecule has 138 valence electrons. The molecular weight excluding hydrogens is 352 g/mol. The van der Waals surface area contributed by atoms with Crippen LogP contribution in [0.2, 0.25) is 0 Å². The van der Waals surface area contributed by atoms with Gasteiger partial charge in [-0.05, 0) is 75.5 Å². The number of hydrogen-bond acceptors (Lipinski definition) is 2. The third-order valence-electron chi connectivity index (χ3n) is 6.04. The normalized spacial score (nSPS) is 17.9. The molecule has 2 nitrogen and oxygen atoms in total. The summed E-state index contributed by atoms with van der Waals surface area (Å²) in [7, 11) is 0. The smallest absolute Gasteiger partial charge is 0.0717 e. The van der Waals surface area contributed by atoms with E-state index in [4.69, 9.17) is 0 Å². The molecule has 2 aromatic heterocycles. The molecule has 0 fully saturated rings. The van der Waals surface area contributed by atoms with Gasteiger partial charge in [0.2, 0.25) is 0 Å². The molecule has 1 aliphatic carbocycles. The molecule has 29 heavy (non-hydrogen) atoms. The molecule has 0 N–H and O–H groups in total. The van der Waals surface area contributed by atoms with Crippen LogP contribution < -0.4 is 0 Å². The van der Waals surface area contributed by atoms with Gasteiger partial charge in [-0.25, -0.2) is 0 Å².